The largest absolute Gasteiger partial charge is 0.496 e. The summed E-state index contributed by atoms with van der Waals surface area (Å²) < 4.78 is 20.4. The Morgan fingerprint density at radius 1 is 1.06 bits per heavy atom. The van der Waals surface area contributed by atoms with Crippen LogP contribution < -0.4 is 14.0 Å². The van der Waals surface area contributed by atoms with Gasteiger partial charge in [0, 0.05) is 24.3 Å². The Hall–Kier alpha value is -2.57. The summed E-state index contributed by atoms with van der Waals surface area (Å²) in [4.78, 5) is 0. The van der Waals surface area contributed by atoms with Crippen LogP contribution in [0.25, 0.3) is 16.8 Å². The van der Waals surface area contributed by atoms with Crippen LogP contribution in [0, 0.1) is 19.8 Å². The Morgan fingerprint density at radius 2 is 1.82 bits per heavy atom. The molecule has 33 heavy (non-hydrogen) atoms. The van der Waals surface area contributed by atoms with E-state index in [2.05, 4.69) is 55.7 Å². The van der Waals surface area contributed by atoms with Crippen molar-refractivity contribution in [3.8, 4) is 22.9 Å². The Labute approximate surface area is 196 Å². The fourth-order valence-corrected chi connectivity index (χ4v) is 5.78. The van der Waals surface area contributed by atoms with E-state index >= 15 is 0 Å². The molecule has 1 atom stereocenters. The van der Waals surface area contributed by atoms with Crippen molar-refractivity contribution >= 4 is 11.2 Å². The molecular weight excluding hydrogens is 414 g/mol. The number of aromatic nitrogens is 2. The Bertz CT molecular complexity index is 1160. The van der Waals surface area contributed by atoms with E-state index in [1.54, 1.807) is 14.2 Å². The predicted molar refractivity (Wildman–Crippen MR) is 132 cm³/mol. The summed E-state index contributed by atoms with van der Waals surface area (Å²) in [6.07, 6.45) is 4.77. The van der Waals surface area contributed by atoms with Crippen LogP contribution in [0.2, 0.25) is 0 Å². The normalized spacial score (nSPS) is 18.9. The highest BCUT2D eigenvalue weighted by molar-refractivity contribution is 5.82. The zero-order valence-corrected chi connectivity index (χ0v) is 20.6. The third-order valence-corrected chi connectivity index (χ3v) is 7.56. The molecule has 6 nitrogen and oxygen atoms in total. The molecule has 2 aromatic heterocycles. The molecule has 0 N–H and O–H groups in total. The average molecular weight is 451 g/mol. The van der Waals surface area contributed by atoms with Gasteiger partial charge in [-0.05, 0) is 56.0 Å². The van der Waals surface area contributed by atoms with E-state index in [1.807, 2.05) is 0 Å². The van der Waals surface area contributed by atoms with Gasteiger partial charge in [-0.3, -0.25) is 4.48 Å². The fourth-order valence-electron chi connectivity index (χ4n) is 5.78. The molecule has 1 aliphatic heterocycles. The minimum absolute atomic E-state index is 0.501. The summed E-state index contributed by atoms with van der Waals surface area (Å²) in [5.41, 5.74) is 6.77. The van der Waals surface area contributed by atoms with Crippen molar-refractivity contribution in [1.29, 1.82) is 0 Å². The van der Waals surface area contributed by atoms with Gasteiger partial charge in [0.1, 0.15) is 11.3 Å². The van der Waals surface area contributed by atoms with E-state index in [0.717, 1.165) is 71.4 Å². The molecule has 0 bridgehead atoms. The van der Waals surface area contributed by atoms with E-state index in [9.17, 15) is 0 Å². The van der Waals surface area contributed by atoms with E-state index in [-0.39, 0.29) is 0 Å². The molecule has 0 radical (unpaired) electrons. The van der Waals surface area contributed by atoms with Crippen LogP contribution in [0.5, 0.6) is 11.6 Å². The summed E-state index contributed by atoms with van der Waals surface area (Å²) in [6, 6.07) is 11.3. The number of fused-ring (bicyclic) bond motifs is 1. The first-order chi connectivity index (χ1) is 16.0. The zero-order valence-electron chi connectivity index (χ0n) is 20.6. The predicted octanol–water partition coefficient (Wildman–Crippen LogP) is 5.16. The highest BCUT2D eigenvalue weighted by Crippen LogP contribution is 2.45. The van der Waals surface area contributed by atoms with E-state index < -0.39 is 0 Å². The number of hydrogen-bond donors (Lipinski definition) is 0. The minimum Gasteiger partial charge on any atom is -0.496 e. The number of benzene rings is 1. The number of methoxy groups -OCH3 is 2. The number of quaternary nitrogens is 1. The van der Waals surface area contributed by atoms with Gasteiger partial charge < -0.3 is 14.2 Å². The molecule has 1 saturated heterocycles. The van der Waals surface area contributed by atoms with Crippen molar-refractivity contribution in [2.24, 2.45) is 5.92 Å². The molecule has 3 heterocycles. The quantitative estimate of drug-likeness (QED) is 0.467. The summed E-state index contributed by atoms with van der Waals surface area (Å²) in [5.74, 6) is 2.37. The topological polar surface area (TPSA) is 45.0 Å². The molecule has 6 heteroatoms. The van der Waals surface area contributed by atoms with Gasteiger partial charge >= 0.3 is 0 Å². The molecule has 5 rings (SSSR count). The summed E-state index contributed by atoms with van der Waals surface area (Å²) in [6.45, 7) is 7.02. The molecule has 1 saturated carbocycles. The van der Waals surface area contributed by atoms with Crippen molar-refractivity contribution < 1.29 is 14.2 Å². The second-order valence-corrected chi connectivity index (χ2v) is 9.96. The molecule has 0 spiro atoms. The van der Waals surface area contributed by atoms with Crippen LogP contribution in [0.4, 0.5) is 5.69 Å². The maximum absolute atomic E-state index is 5.96. The SMILES string of the molecule is COc1cc(C)cc(C)c1-c1cccc2c([N+](C)(CC3CC3)C3CCOCC3)c(OC)nn12. The van der Waals surface area contributed by atoms with Crippen LogP contribution in [0.15, 0.2) is 30.3 Å². The van der Waals surface area contributed by atoms with Gasteiger partial charge in [0.25, 0.3) is 5.88 Å². The first-order valence-electron chi connectivity index (χ1n) is 12.1. The Morgan fingerprint density at radius 3 is 2.48 bits per heavy atom. The first-order valence-corrected chi connectivity index (χ1v) is 12.1. The molecule has 1 aromatic carbocycles. The molecule has 0 amide bonds. The summed E-state index contributed by atoms with van der Waals surface area (Å²) in [5, 5.41) is 5.03. The fraction of sp³-hybridized carbons (Fsp3) is 0.519. The van der Waals surface area contributed by atoms with Gasteiger partial charge in [0.15, 0.2) is 0 Å². The summed E-state index contributed by atoms with van der Waals surface area (Å²) >= 11 is 0. The van der Waals surface area contributed by atoms with Crippen molar-refractivity contribution in [2.75, 3.05) is 41.0 Å². The molecule has 2 aliphatic rings. The van der Waals surface area contributed by atoms with Crippen LogP contribution in [-0.2, 0) is 4.74 Å². The smallest absolute Gasteiger partial charge is 0.296 e. The van der Waals surface area contributed by atoms with Crippen molar-refractivity contribution in [1.82, 2.24) is 14.1 Å². The van der Waals surface area contributed by atoms with Gasteiger partial charge in [0.05, 0.1) is 52.8 Å². The Balaban J connectivity index is 1.73. The van der Waals surface area contributed by atoms with Crippen LogP contribution in [0.3, 0.4) is 0 Å². The van der Waals surface area contributed by atoms with E-state index in [0.29, 0.717) is 6.04 Å². The molecule has 1 aliphatic carbocycles. The first kappa shape index (κ1) is 22.2. The van der Waals surface area contributed by atoms with Gasteiger partial charge in [-0.1, -0.05) is 12.1 Å². The summed E-state index contributed by atoms with van der Waals surface area (Å²) in [7, 11) is 5.87. The van der Waals surface area contributed by atoms with Gasteiger partial charge in [-0.2, -0.15) is 0 Å². The molecule has 1 unspecified atom stereocenters. The number of rotatable bonds is 7. The van der Waals surface area contributed by atoms with Crippen LogP contribution in [-0.4, -0.2) is 56.7 Å². The highest BCUT2D eigenvalue weighted by Gasteiger charge is 2.45. The maximum Gasteiger partial charge on any atom is 0.296 e. The molecule has 3 aromatic rings. The zero-order chi connectivity index (χ0) is 23.2. The standard InChI is InChI=1S/C27H36N3O3/c1-18-15-19(2)25(24(16-18)31-4)22-7-6-8-23-26(27(32-5)28-29(22)23)30(3,17-20-9-10-20)21-11-13-33-14-12-21/h6-8,15-16,20-21H,9-14,17H2,1-5H3/q+1. The lowest BCUT2D eigenvalue weighted by molar-refractivity contribution is 0.0432. The lowest BCUT2D eigenvalue weighted by Gasteiger charge is -2.42. The van der Waals surface area contributed by atoms with Gasteiger partial charge in [-0.15, -0.1) is 5.10 Å². The van der Waals surface area contributed by atoms with Crippen molar-refractivity contribution in [3.63, 3.8) is 0 Å². The highest BCUT2D eigenvalue weighted by atomic mass is 16.5. The van der Waals surface area contributed by atoms with Crippen molar-refractivity contribution in [3.05, 3.63) is 41.5 Å². The van der Waals surface area contributed by atoms with Gasteiger partial charge in [-0.25, -0.2) is 4.52 Å². The number of nitrogens with zero attached hydrogens (tertiary/aromatic N) is 3. The van der Waals surface area contributed by atoms with Gasteiger partial charge in [0.2, 0.25) is 5.69 Å². The third-order valence-electron chi connectivity index (χ3n) is 7.56. The average Bonchev–Trinajstić information content (AvgIpc) is 3.54. The maximum atomic E-state index is 5.96. The van der Waals surface area contributed by atoms with Crippen molar-refractivity contribution in [2.45, 2.75) is 45.6 Å². The molecular formula is C27H36N3O3+. The lowest BCUT2D eigenvalue weighted by atomic mass is 10.00. The van der Waals surface area contributed by atoms with E-state index in [1.165, 1.54) is 29.7 Å². The Kier molecular flexibility index (Phi) is 5.83. The second-order valence-electron chi connectivity index (χ2n) is 9.96. The lowest BCUT2D eigenvalue weighted by Crippen LogP contribution is -2.56. The number of aryl methyl sites for hydroxylation is 2. The number of ether oxygens (including phenoxy) is 3. The molecule has 176 valence electrons. The number of hydrogen-bond acceptors (Lipinski definition) is 4. The number of pyridine rings is 1. The van der Waals surface area contributed by atoms with Crippen LogP contribution in [0.1, 0.15) is 36.8 Å². The minimum atomic E-state index is 0.501. The van der Waals surface area contributed by atoms with Crippen LogP contribution >= 0.6 is 0 Å². The monoisotopic (exact) mass is 450 g/mol. The third kappa shape index (κ3) is 3.89. The second kappa shape index (κ2) is 8.65. The molecule has 2 fully saturated rings. The van der Waals surface area contributed by atoms with E-state index in [4.69, 9.17) is 19.3 Å².